The number of rotatable bonds is 0. The van der Waals surface area contributed by atoms with Crippen molar-refractivity contribution >= 4 is 27.0 Å². The third kappa shape index (κ3) is 1.25. The number of hydrogen-bond acceptors (Lipinski definition) is 3. The molecule has 12 heavy (non-hydrogen) atoms. The average Bonchev–Trinajstić information content (AvgIpc) is 2.05. The summed E-state index contributed by atoms with van der Waals surface area (Å²) in [5.41, 5.74) is 1.46. The van der Waals surface area contributed by atoms with Gasteiger partial charge in [0.25, 0.3) is 0 Å². The first kappa shape index (κ1) is 7.49. The molecule has 0 aliphatic heterocycles. The Morgan fingerprint density at radius 3 is 2.58 bits per heavy atom. The number of hydrogen-bond donors (Lipinski definition) is 1. The largest absolute Gasteiger partial charge is 0.506 e. The van der Waals surface area contributed by atoms with Crippen LogP contribution in [0.5, 0.6) is 5.75 Å². The van der Waals surface area contributed by atoms with E-state index in [-0.39, 0.29) is 5.75 Å². The quantitative estimate of drug-likeness (QED) is 0.746. The summed E-state index contributed by atoms with van der Waals surface area (Å²) in [6.07, 6.45) is 3.07. The molecule has 2 aromatic heterocycles. The van der Waals surface area contributed by atoms with Crippen LogP contribution in [0.1, 0.15) is 0 Å². The molecule has 0 saturated carbocycles. The smallest absolute Gasteiger partial charge is 0.136 e. The van der Waals surface area contributed by atoms with Crippen molar-refractivity contribution in [2.24, 2.45) is 0 Å². The molecule has 2 aromatic rings. The monoisotopic (exact) mass is 224 g/mol. The Morgan fingerprint density at radius 2 is 1.75 bits per heavy atom. The van der Waals surface area contributed by atoms with Crippen molar-refractivity contribution in [1.82, 2.24) is 9.97 Å². The van der Waals surface area contributed by atoms with Crippen molar-refractivity contribution in [3.05, 3.63) is 29.0 Å². The Hall–Kier alpha value is -1.16. The Morgan fingerprint density at radius 1 is 1.08 bits per heavy atom. The number of pyridine rings is 2. The Kier molecular flexibility index (Phi) is 1.69. The first-order chi connectivity index (χ1) is 5.75. The van der Waals surface area contributed by atoms with Gasteiger partial charge in [-0.1, -0.05) is 0 Å². The van der Waals surface area contributed by atoms with Gasteiger partial charge in [0, 0.05) is 16.7 Å². The molecule has 1 N–H and O–H groups in total. The number of nitrogens with zero attached hydrogens (tertiary/aromatic N) is 2. The highest BCUT2D eigenvalue weighted by molar-refractivity contribution is 9.10. The fraction of sp³-hybridized carbons (Fsp3) is 0. The molecule has 0 amide bonds. The Balaban J connectivity index is 2.79. The highest BCUT2D eigenvalue weighted by atomic mass is 79.9. The first-order valence-corrected chi connectivity index (χ1v) is 4.15. The number of aromatic nitrogens is 2. The van der Waals surface area contributed by atoms with Gasteiger partial charge in [-0.25, -0.2) is 0 Å². The predicted molar refractivity (Wildman–Crippen MR) is 48.9 cm³/mol. The molecule has 0 saturated heterocycles. The van der Waals surface area contributed by atoms with E-state index in [0.29, 0.717) is 5.52 Å². The number of aromatic hydroxyl groups is 1. The van der Waals surface area contributed by atoms with E-state index in [4.69, 9.17) is 5.11 Å². The molecule has 0 atom stereocenters. The van der Waals surface area contributed by atoms with Crippen LogP contribution in [0.25, 0.3) is 11.0 Å². The fourth-order valence-electron chi connectivity index (χ4n) is 0.967. The van der Waals surface area contributed by atoms with Crippen molar-refractivity contribution in [1.29, 1.82) is 0 Å². The van der Waals surface area contributed by atoms with Crippen molar-refractivity contribution in [3.63, 3.8) is 0 Å². The van der Waals surface area contributed by atoms with Crippen molar-refractivity contribution in [2.75, 3.05) is 0 Å². The van der Waals surface area contributed by atoms with Crippen LogP contribution in [0, 0.1) is 0 Å². The van der Waals surface area contributed by atoms with Crippen LogP contribution in [-0.2, 0) is 0 Å². The zero-order chi connectivity index (χ0) is 8.55. The second kappa shape index (κ2) is 2.71. The van der Waals surface area contributed by atoms with Gasteiger partial charge in [-0.05, 0) is 22.0 Å². The summed E-state index contributed by atoms with van der Waals surface area (Å²) in [5.74, 6) is 0.136. The summed E-state index contributed by atoms with van der Waals surface area (Å²) in [6.45, 7) is 0. The molecule has 4 heteroatoms. The van der Waals surface area contributed by atoms with Gasteiger partial charge in [0.1, 0.15) is 5.75 Å². The molecule has 0 aromatic carbocycles. The zero-order valence-electron chi connectivity index (χ0n) is 6.03. The van der Waals surface area contributed by atoms with Gasteiger partial charge in [-0.3, -0.25) is 9.97 Å². The standard InChI is InChI=1S/C8H5BrN2O/c9-5-1-7-8(10-3-5)2-6(12)4-11-7/h1-4,12H. The van der Waals surface area contributed by atoms with E-state index < -0.39 is 0 Å². The molecule has 60 valence electrons. The highest BCUT2D eigenvalue weighted by Gasteiger charge is 1.97. The summed E-state index contributed by atoms with van der Waals surface area (Å²) < 4.78 is 0.883. The fourth-order valence-corrected chi connectivity index (χ4v) is 1.29. The summed E-state index contributed by atoms with van der Waals surface area (Å²) in [6, 6.07) is 3.43. The Labute approximate surface area is 77.2 Å². The molecule has 0 fully saturated rings. The predicted octanol–water partition coefficient (Wildman–Crippen LogP) is 2.10. The third-order valence-corrected chi connectivity index (χ3v) is 1.92. The van der Waals surface area contributed by atoms with Crippen molar-refractivity contribution in [3.8, 4) is 5.75 Å². The highest BCUT2D eigenvalue weighted by Crippen LogP contribution is 2.18. The summed E-state index contributed by atoms with van der Waals surface area (Å²) >= 11 is 3.29. The van der Waals surface area contributed by atoms with Crippen LogP contribution in [0.4, 0.5) is 0 Å². The van der Waals surface area contributed by atoms with Crippen LogP contribution in [0.2, 0.25) is 0 Å². The SMILES string of the molecule is Oc1cnc2cc(Br)cnc2c1. The minimum Gasteiger partial charge on any atom is -0.506 e. The van der Waals surface area contributed by atoms with Gasteiger partial charge in [-0.2, -0.15) is 0 Å². The Bertz CT molecular complexity index is 389. The van der Waals surface area contributed by atoms with E-state index in [2.05, 4.69) is 25.9 Å². The van der Waals surface area contributed by atoms with Crippen molar-refractivity contribution < 1.29 is 5.11 Å². The van der Waals surface area contributed by atoms with Gasteiger partial charge in [0.05, 0.1) is 17.2 Å². The second-order valence-electron chi connectivity index (χ2n) is 2.39. The molecule has 0 aliphatic rings. The summed E-state index contributed by atoms with van der Waals surface area (Å²) in [4.78, 5) is 8.07. The van der Waals surface area contributed by atoms with Crippen molar-refractivity contribution in [2.45, 2.75) is 0 Å². The molecule has 0 aliphatic carbocycles. The average molecular weight is 225 g/mol. The normalized spacial score (nSPS) is 10.4. The van der Waals surface area contributed by atoms with Crippen LogP contribution in [0.15, 0.2) is 29.0 Å². The molecular formula is C8H5BrN2O. The lowest BCUT2D eigenvalue weighted by molar-refractivity contribution is 0.473. The molecule has 3 nitrogen and oxygen atoms in total. The van der Waals surface area contributed by atoms with E-state index in [1.54, 1.807) is 12.3 Å². The van der Waals surface area contributed by atoms with E-state index in [1.807, 2.05) is 6.07 Å². The van der Waals surface area contributed by atoms with Crippen LogP contribution < -0.4 is 0 Å². The molecule has 2 rings (SSSR count). The molecule has 0 radical (unpaired) electrons. The second-order valence-corrected chi connectivity index (χ2v) is 3.30. The zero-order valence-corrected chi connectivity index (χ0v) is 7.62. The lowest BCUT2D eigenvalue weighted by atomic mass is 10.3. The van der Waals surface area contributed by atoms with Gasteiger partial charge >= 0.3 is 0 Å². The minimum atomic E-state index is 0.136. The lowest BCUT2D eigenvalue weighted by Crippen LogP contribution is -1.81. The van der Waals surface area contributed by atoms with Crippen LogP contribution in [0.3, 0.4) is 0 Å². The van der Waals surface area contributed by atoms with Crippen LogP contribution in [-0.4, -0.2) is 15.1 Å². The van der Waals surface area contributed by atoms with Crippen LogP contribution >= 0.6 is 15.9 Å². The summed E-state index contributed by atoms with van der Waals surface area (Å²) in [7, 11) is 0. The lowest BCUT2D eigenvalue weighted by Gasteiger charge is -1.96. The van der Waals surface area contributed by atoms with Gasteiger partial charge < -0.3 is 5.11 Å². The maximum atomic E-state index is 9.09. The third-order valence-electron chi connectivity index (χ3n) is 1.48. The maximum Gasteiger partial charge on any atom is 0.136 e. The molecule has 0 unspecified atom stereocenters. The maximum absolute atomic E-state index is 9.09. The van der Waals surface area contributed by atoms with E-state index >= 15 is 0 Å². The van der Waals surface area contributed by atoms with Gasteiger partial charge in [-0.15, -0.1) is 0 Å². The molecule has 2 heterocycles. The number of halogens is 1. The van der Waals surface area contributed by atoms with Gasteiger partial charge in [0.15, 0.2) is 0 Å². The number of fused-ring (bicyclic) bond motifs is 1. The molecule has 0 bridgehead atoms. The topological polar surface area (TPSA) is 46.0 Å². The molecular weight excluding hydrogens is 220 g/mol. The van der Waals surface area contributed by atoms with Gasteiger partial charge in [0.2, 0.25) is 0 Å². The minimum absolute atomic E-state index is 0.136. The molecule has 0 spiro atoms. The first-order valence-electron chi connectivity index (χ1n) is 3.36. The van der Waals surface area contributed by atoms with E-state index in [0.717, 1.165) is 9.99 Å². The van der Waals surface area contributed by atoms with E-state index in [1.165, 1.54) is 6.20 Å². The summed E-state index contributed by atoms with van der Waals surface area (Å²) in [5, 5.41) is 9.09. The van der Waals surface area contributed by atoms with E-state index in [9.17, 15) is 0 Å².